The number of nitrogens with one attached hydrogen (secondary N) is 3. The van der Waals surface area contributed by atoms with Gasteiger partial charge < -0.3 is 20.7 Å². The highest BCUT2D eigenvalue weighted by molar-refractivity contribution is 5.82. The minimum atomic E-state index is -1.06. The second kappa shape index (κ2) is 6.93. The molecule has 110 valence electrons. The summed E-state index contributed by atoms with van der Waals surface area (Å²) in [5.74, 6) is -1.06. The number of hydrogen-bond acceptors (Lipinski definition) is 3. The Morgan fingerprint density at radius 2 is 2.15 bits per heavy atom. The topological polar surface area (TPSA) is 107 Å². The molecule has 1 aromatic heterocycles. The Kier molecular flexibility index (Phi) is 4.97. The molecule has 1 unspecified atom stereocenters. The SMILES string of the molecule is O=C(NC1CCCCC1)NC(Cc1cnc[nH]1)C(=O)O. The van der Waals surface area contributed by atoms with Crippen molar-refractivity contribution in [3.05, 3.63) is 18.2 Å². The summed E-state index contributed by atoms with van der Waals surface area (Å²) in [4.78, 5) is 29.7. The number of aromatic amines is 1. The maximum Gasteiger partial charge on any atom is 0.326 e. The monoisotopic (exact) mass is 280 g/mol. The number of imidazole rings is 1. The van der Waals surface area contributed by atoms with E-state index in [1.165, 1.54) is 12.7 Å². The van der Waals surface area contributed by atoms with Crippen molar-refractivity contribution in [1.82, 2.24) is 20.6 Å². The fourth-order valence-corrected chi connectivity index (χ4v) is 2.45. The number of H-pyrrole nitrogens is 1. The summed E-state index contributed by atoms with van der Waals surface area (Å²) in [6.07, 6.45) is 8.58. The van der Waals surface area contributed by atoms with Crippen molar-refractivity contribution < 1.29 is 14.7 Å². The summed E-state index contributed by atoms with van der Waals surface area (Å²) in [6, 6.07) is -1.21. The Morgan fingerprint density at radius 3 is 2.75 bits per heavy atom. The average Bonchev–Trinajstić information content (AvgIpc) is 2.92. The van der Waals surface area contributed by atoms with Crippen LogP contribution in [0.2, 0.25) is 0 Å². The van der Waals surface area contributed by atoms with Gasteiger partial charge in [-0.1, -0.05) is 19.3 Å². The second-order valence-corrected chi connectivity index (χ2v) is 5.12. The van der Waals surface area contributed by atoms with Gasteiger partial charge in [0.05, 0.1) is 6.33 Å². The van der Waals surface area contributed by atoms with Crippen LogP contribution in [0.3, 0.4) is 0 Å². The van der Waals surface area contributed by atoms with E-state index < -0.39 is 18.0 Å². The fourth-order valence-electron chi connectivity index (χ4n) is 2.45. The zero-order chi connectivity index (χ0) is 14.4. The Hall–Kier alpha value is -2.05. The molecule has 2 amide bonds. The molecule has 2 rings (SSSR count). The third-order valence-electron chi connectivity index (χ3n) is 3.52. The Balaban J connectivity index is 1.83. The first-order valence-corrected chi connectivity index (χ1v) is 6.92. The number of amides is 2. The van der Waals surface area contributed by atoms with Gasteiger partial charge in [0, 0.05) is 24.4 Å². The Bertz CT molecular complexity index is 440. The second-order valence-electron chi connectivity index (χ2n) is 5.12. The van der Waals surface area contributed by atoms with E-state index in [1.807, 2.05) is 0 Å². The predicted octanol–water partition coefficient (Wildman–Crippen LogP) is 1.04. The molecule has 0 bridgehead atoms. The third kappa shape index (κ3) is 4.25. The van der Waals surface area contributed by atoms with Gasteiger partial charge in [-0.2, -0.15) is 0 Å². The van der Waals surface area contributed by atoms with E-state index in [0.717, 1.165) is 25.7 Å². The molecule has 1 saturated carbocycles. The minimum Gasteiger partial charge on any atom is -0.480 e. The molecule has 1 heterocycles. The number of nitrogens with zero attached hydrogens (tertiary/aromatic N) is 1. The molecule has 1 aromatic rings. The molecule has 0 aromatic carbocycles. The van der Waals surface area contributed by atoms with Crippen LogP contribution in [0.15, 0.2) is 12.5 Å². The van der Waals surface area contributed by atoms with Gasteiger partial charge in [-0.15, -0.1) is 0 Å². The Labute approximate surface area is 117 Å². The summed E-state index contributed by atoms with van der Waals surface area (Å²) in [6.45, 7) is 0. The van der Waals surface area contributed by atoms with Crippen LogP contribution in [0.4, 0.5) is 4.79 Å². The molecule has 7 heteroatoms. The highest BCUT2D eigenvalue weighted by Crippen LogP contribution is 2.17. The molecular formula is C13H20N4O3. The van der Waals surface area contributed by atoms with Crippen LogP contribution in [-0.4, -0.2) is 39.2 Å². The quantitative estimate of drug-likeness (QED) is 0.646. The van der Waals surface area contributed by atoms with E-state index in [0.29, 0.717) is 5.69 Å². The van der Waals surface area contributed by atoms with Crippen molar-refractivity contribution in [2.75, 3.05) is 0 Å². The predicted molar refractivity (Wildman–Crippen MR) is 72.3 cm³/mol. The molecular weight excluding hydrogens is 260 g/mol. The van der Waals surface area contributed by atoms with Crippen LogP contribution < -0.4 is 10.6 Å². The van der Waals surface area contributed by atoms with Crippen molar-refractivity contribution in [2.24, 2.45) is 0 Å². The van der Waals surface area contributed by atoms with E-state index in [9.17, 15) is 9.59 Å². The smallest absolute Gasteiger partial charge is 0.326 e. The number of carboxylic acids is 1. The lowest BCUT2D eigenvalue weighted by atomic mass is 9.96. The van der Waals surface area contributed by atoms with Crippen LogP contribution in [0, 0.1) is 0 Å². The fraction of sp³-hybridized carbons (Fsp3) is 0.615. The molecule has 20 heavy (non-hydrogen) atoms. The molecule has 4 N–H and O–H groups in total. The average molecular weight is 280 g/mol. The van der Waals surface area contributed by atoms with Crippen LogP contribution in [0.25, 0.3) is 0 Å². The lowest BCUT2D eigenvalue weighted by Crippen LogP contribution is -2.50. The van der Waals surface area contributed by atoms with E-state index in [2.05, 4.69) is 20.6 Å². The highest BCUT2D eigenvalue weighted by atomic mass is 16.4. The van der Waals surface area contributed by atoms with Crippen molar-refractivity contribution in [2.45, 2.75) is 50.6 Å². The third-order valence-corrected chi connectivity index (χ3v) is 3.52. The lowest BCUT2D eigenvalue weighted by Gasteiger charge is -2.24. The van der Waals surface area contributed by atoms with Crippen LogP contribution in [0.1, 0.15) is 37.8 Å². The molecule has 0 radical (unpaired) electrons. The van der Waals surface area contributed by atoms with Crippen LogP contribution >= 0.6 is 0 Å². The number of hydrogen-bond donors (Lipinski definition) is 4. The molecule has 7 nitrogen and oxygen atoms in total. The normalized spacial score (nSPS) is 17.4. The minimum absolute atomic E-state index is 0.158. The van der Waals surface area contributed by atoms with Gasteiger partial charge in [-0.05, 0) is 12.8 Å². The van der Waals surface area contributed by atoms with E-state index in [1.54, 1.807) is 6.20 Å². The number of urea groups is 1. The highest BCUT2D eigenvalue weighted by Gasteiger charge is 2.23. The molecule has 0 aliphatic heterocycles. The van der Waals surface area contributed by atoms with Gasteiger partial charge in [0.2, 0.25) is 0 Å². The zero-order valence-electron chi connectivity index (χ0n) is 11.3. The molecule has 0 spiro atoms. The van der Waals surface area contributed by atoms with E-state index in [4.69, 9.17) is 5.11 Å². The molecule has 1 fully saturated rings. The number of carboxylic acid groups (broad SMARTS) is 1. The number of aromatic nitrogens is 2. The van der Waals surface area contributed by atoms with Crippen LogP contribution in [-0.2, 0) is 11.2 Å². The summed E-state index contributed by atoms with van der Waals surface area (Å²) in [7, 11) is 0. The van der Waals surface area contributed by atoms with Gasteiger partial charge in [0.1, 0.15) is 6.04 Å². The van der Waals surface area contributed by atoms with Crippen molar-refractivity contribution in [3.63, 3.8) is 0 Å². The molecule has 1 aliphatic carbocycles. The lowest BCUT2D eigenvalue weighted by molar-refractivity contribution is -0.139. The first kappa shape index (κ1) is 14.4. The van der Waals surface area contributed by atoms with Crippen molar-refractivity contribution in [3.8, 4) is 0 Å². The van der Waals surface area contributed by atoms with Gasteiger partial charge >= 0.3 is 12.0 Å². The largest absolute Gasteiger partial charge is 0.480 e. The molecule has 1 aliphatic rings. The van der Waals surface area contributed by atoms with Gasteiger partial charge in [0.15, 0.2) is 0 Å². The van der Waals surface area contributed by atoms with E-state index >= 15 is 0 Å². The summed E-state index contributed by atoms with van der Waals surface area (Å²) in [5.41, 5.74) is 0.676. The first-order valence-electron chi connectivity index (χ1n) is 6.92. The summed E-state index contributed by atoms with van der Waals surface area (Å²) < 4.78 is 0. The number of carbonyl (C=O) groups is 2. The van der Waals surface area contributed by atoms with Crippen molar-refractivity contribution in [1.29, 1.82) is 0 Å². The maximum atomic E-state index is 11.8. The number of carbonyl (C=O) groups excluding carboxylic acids is 1. The van der Waals surface area contributed by atoms with Gasteiger partial charge in [-0.25, -0.2) is 14.6 Å². The maximum absolute atomic E-state index is 11.8. The molecule has 0 saturated heterocycles. The number of aliphatic carboxylic acids is 1. The summed E-state index contributed by atoms with van der Waals surface area (Å²) in [5, 5.41) is 14.5. The number of rotatable bonds is 5. The summed E-state index contributed by atoms with van der Waals surface area (Å²) >= 11 is 0. The van der Waals surface area contributed by atoms with Gasteiger partial charge in [0.25, 0.3) is 0 Å². The Morgan fingerprint density at radius 1 is 1.40 bits per heavy atom. The zero-order valence-corrected chi connectivity index (χ0v) is 11.3. The van der Waals surface area contributed by atoms with E-state index in [-0.39, 0.29) is 12.5 Å². The van der Waals surface area contributed by atoms with Crippen molar-refractivity contribution >= 4 is 12.0 Å². The van der Waals surface area contributed by atoms with Crippen LogP contribution in [0.5, 0.6) is 0 Å². The first-order chi connectivity index (χ1) is 9.65. The standard InChI is InChI=1S/C13H20N4O3/c18-12(19)11(6-10-7-14-8-15-10)17-13(20)16-9-4-2-1-3-5-9/h7-9,11H,1-6H2,(H,14,15)(H,18,19)(H2,16,17,20). The molecule has 1 atom stereocenters. The van der Waals surface area contributed by atoms with Gasteiger partial charge in [-0.3, -0.25) is 0 Å².